The summed E-state index contributed by atoms with van der Waals surface area (Å²) >= 11 is 1.24. The van der Waals surface area contributed by atoms with Crippen molar-refractivity contribution in [3.05, 3.63) is 53.0 Å². The molecule has 26 heavy (non-hydrogen) atoms. The van der Waals surface area contributed by atoms with Crippen LogP contribution in [0.25, 0.3) is 0 Å². The maximum absolute atomic E-state index is 12.5. The lowest BCUT2D eigenvalue weighted by Gasteiger charge is -2.08. The van der Waals surface area contributed by atoms with Crippen molar-refractivity contribution >= 4 is 29.3 Å². The number of carbonyl (C=O) groups is 2. The van der Waals surface area contributed by atoms with Crippen LogP contribution in [0.2, 0.25) is 0 Å². The summed E-state index contributed by atoms with van der Waals surface area (Å²) in [5, 5.41) is 2.52. The molecule has 0 fully saturated rings. The molecule has 1 amide bonds. The van der Waals surface area contributed by atoms with Crippen LogP contribution in [-0.4, -0.2) is 24.7 Å². The molecular weight excluding hydrogens is 371 g/mol. The zero-order valence-electron chi connectivity index (χ0n) is 14.0. The van der Waals surface area contributed by atoms with Crippen molar-refractivity contribution in [2.75, 3.05) is 18.2 Å². The normalized spacial score (nSPS) is 11.3. The Kier molecular flexibility index (Phi) is 6.36. The van der Waals surface area contributed by atoms with Crippen LogP contribution in [0.3, 0.4) is 0 Å². The number of carbonyl (C=O) groups excluding carboxylic acids is 2. The van der Waals surface area contributed by atoms with E-state index < -0.39 is 17.7 Å². The SMILES string of the molecule is COC(=O)c1cc(CSCC(=O)Nc2ccc(C(F)(F)F)cc2)oc1C. The lowest BCUT2D eigenvalue weighted by atomic mass is 10.2. The Morgan fingerprint density at radius 1 is 1.23 bits per heavy atom. The maximum atomic E-state index is 12.5. The van der Waals surface area contributed by atoms with Crippen LogP contribution in [0, 0.1) is 6.92 Å². The van der Waals surface area contributed by atoms with E-state index in [1.165, 1.54) is 31.0 Å². The van der Waals surface area contributed by atoms with Gasteiger partial charge in [-0.1, -0.05) is 0 Å². The van der Waals surface area contributed by atoms with Crippen LogP contribution in [0.1, 0.15) is 27.4 Å². The summed E-state index contributed by atoms with van der Waals surface area (Å²) in [5.41, 5.74) is -0.165. The molecule has 0 spiro atoms. The number of aryl methyl sites for hydroxylation is 1. The number of benzene rings is 1. The van der Waals surface area contributed by atoms with E-state index in [9.17, 15) is 22.8 Å². The first kappa shape index (κ1) is 19.9. The molecule has 0 aliphatic rings. The minimum atomic E-state index is -4.41. The third-order valence-corrected chi connectivity index (χ3v) is 4.30. The van der Waals surface area contributed by atoms with Crippen molar-refractivity contribution in [3.8, 4) is 0 Å². The molecule has 9 heteroatoms. The van der Waals surface area contributed by atoms with Gasteiger partial charge in [0.25, 0.3) is 0 Å². The fourth-order valence-electron chi connectivity index (χ4n) is 2.11. The molecule has 1 heterocycles. The van der Waals surface area contributed by atoms with Crippen molar-refractivity contribution < 1.29 is 31.9 Å². The molecule has 0 atom stereocenters. The molecule has 5 nitrogen and oxygen atoms in total. The second-order valence-electron chi connectivity index (χ2n) is 5.29. The minimum absolute atomic E-state index is 0.0777. The van der Waals surface area contributed by atoms with Crippen LogP contribution in [0.4, 0.5) is 18.9 Å². The molecule has 2 rings (SSSR count). The number of nitrogens with one attached hydrogen (secondary N) is 1. The molecule has 0 saturated heterocycles. The van der Waals surface area contributed by atoms with E-state index in [2.05, 4.69) is 10.1 Å². The Hall–Kier alpha value is -2.42. The summed E-state index contributed by atoms with van der Waals surface area (Å²) < 4.78 is 47.5. The number of hydrogen-bond donors (Lipinski definition) is 1. The smallest absolute Gasteiger partial charge is 0.416 e. The average Bonchev–Trinajstić information content (AvgIpc) is 2.94. The van der Waals surface area contributed by atoms with Gasteiger partial charge in [0.15, 0.2) is 0 Å². The number of anilines is 1. The molecule has 1 aromatic carbocycles. The molecule has 1 N–H and O–H groups in total. The summed E-state index contributed by atoms with van der Waals surface area (Å²) in [6, 6.07) is 5.77. The molecular formula is C17H16F3NO4S. The van der Waals surface area contributed by atoms with E-state index in [0.717, 1.165) is 12.1 Å². The van der Waals surface area contributed by atoms with Gasteiger partial charge in [0.1, 0.15) is 17.1 Å². The number of ether oxygens (including phenoxy) is 1. The van der Waals surface area contributed by atoms with Gasteiger partial charge in [-0.05, 0) is 37.3 Å². The van der Waals surface area contributed by atoms with Gasteiger partial charge in [-0.3, -0.25) is 4.79 Å². The highest BCUT2D eigenvalue weighted by Crippen LogP contribution is 2.29. The molecule has 0 saturated carbocycles. The number of hydrogen-bond acceptors (Lipinski definition) is 5. The fraction of sp³-hybridized carbons (Fsp3) is 0.294. The highest BCUT2D eigenvalue weighted by atomic mass is 32.2. The van der Waals surface area contributed by atoms with Gasteiger partial charge in [0, 0.05) is 5.69 Å². The van der Waals surface area contributed by atoms with Gasteiger partial charge in [-0.2, -0.15) is 13.2 Å². The van der Waals surface area contributed by atoms with Crippen molar-refractivity contribution in [2.24, 2.45) is 0 Å². The second-order valence-corrected chi connectivity index (χ2v) is 6.28. The summed E-state index contributed by atoms with van der Waals surface area (Å²) in [6.45, 7) is 1.64. The summed E-state index contributed by atoms with van der Waals surface area (Å²) in [4.78, 5) is 23.3. The zero-order valence-corrected chi connectivity index (χ0v) is 14.8. The zero-order chi connectivity index (χ0) is 19.3. The van der Waals surface area contributed by atoms with Crippen LogP contribution < -0.4 is 5.32 Å². The Bertz CT molecular complexity index is 784. The van der Waals surface area contributed by atoms with E-state index in [0.29, 0.717) is 22.8 Å². The van der Waals surface area contributed by atoms with Gasteiger partial charge in [-0.15, -0.1) is 11.8 Å². The number of amides is 1. The highest BCUT2D eigenvalue weighted by Gasteiger charge is 2.29. The Morgan fingerprint density at radius 3 is 2.46 bits per heavy atom. The number of halogens is 3. The fourth-order valence-corrected chi connectivity index (χ4v) is 2.81. The average molecular weight is 387 g/mol. The number of furan rings is 1. The van der Waals surface area contributed by atoms with Gasteiger partial charge in [0.2, 0.25) is 5.91 Å². The van der Waals surface area contributed by atoms with Crippen LogP contribution in [0.5, 0.6) is 0 Å². The Labute approximate surface area is 151 Å². The molecule has 0 radical (unpaired) electrons. The molecule has 0 unspecified atom stereocenters. The third-order valence-electron chi connectivity index (χ3n) is 3.35. The van der Waals surface area contributed by atoms with Crippen molar-refractivity contribution in [3.63, 3.8) is 0 Å². The summed E-state index contributed by atoms with van der Waals surface area (Å²) in [6.07, 6.45) is -4.41. The number of alkyl halides is 3. The van der Waals surface area contributed by atoms with Gasteiger partial charge < -0.3 is 14.5 Å². The Balaban J connectivity index is 1.83. The van der Waals surface area contributed by atoms with Crippen LogP contribution in [-0.2, 0) is 21.5 Å². The van der Waals surface area contributed by atoms with Gasteiger partial charge in [-0.25, -0.2) is 4.79 Å². The van der Waals surface area contributed by atoms with Gasteiger partial charge >= 0.3 is 12.1 Å². The second kappa shape index (κ2) is 8.31. The van der Waals surface area contributed by atoms with Crippen molar-refractivity contribution in [2.45, 2.75) is 18.9 Å². The van der Waals surface area contributed by atoms with Gasteiger partial charge in [0.05, 0.1) is 24.2 Å². The number of esters is 1. The van der Waals surface area contributed by atoms with E-state index in [-0.39, 0.29) is 17.3 Å². The van der Waals surface area contributed by atoms with Crippen molar-refractivity contribution in [1.82, 2.24) is 0 Å². The summed E-state index contributed by atoms with van der Waals surface area (Å²) in [5.74, 6) is 0.540. The molecule has 2 aromatic rings. The van der Waals surface area contributed by atoms with E-state index in [4.69, 9.17) is 4.42 Å². The third kappa shape index (κ3) is 5.29. The van der Waals surface area contributed by atoms with Crippen molar-refractivity contribution in [1.29, 1.82) is 0 Å². The van der Waals surface area contributed by atoms with Crippen LogP contribution >= 0.6 is 11.8 Å². The monoisotopic (exact) mass is 387 g/mol. The predicted octanol–water partition coefficient (Wildman–Crippen LogP) is 4.27. The molecule has 140 valence electrons. The maximum Gasteiger partial charge on any atom is 0.416 e. The molecule has 1 aromatic heterocycles. The topological polar surface area (TPSA) is 68.5 Å². The number of methoxy groups -OCH3 is 1. The number of thioether (sulfide) groups is 1. The van der Waals surface area contributed by atoms with Crippen LogP contribution in [0.15, 0.2) is 34.7 Å². The highest BCUT2D eigenvalue weighted by molar-refractivity contribution is 7.99. The quantitative estimate of drug-likeness (QED) is 0.750. The van der Waals surface area contributed by atoms with E-state index in [1.54, 1.807) is 13.0 Å². The standard InChI is InChI=1S/C17H16F3NO4S/c1-10-14(16(23)24-2)7-13(25-10)8-26-9-15(22)21-12-5-3-11(4-6-12)17(18,19)20/h3-7H,8-9H2,1-2H3,(H,21,22). The lowest BCUT2D eigenvalue weighted by Crippen LogP contribution is -2.14. The largest absolute Gasteiger partial charge is 0.465 e. The molecule has 0 bridgehead atoms. The first-order chi connectivity index (χ1) is 12.2. The number of rotatable bonds is 6. The predicted molar refractivity (Wildman–Crippen MR) is 91.0 cm³/mol. The first-order valence-corrected chi connectivity index (χ1v) is 8.58. The first-order valence-electron chi connectivity index (χ1n) is 7.43. The molecule has 0 aliphatic carbocycles. The van der Waals surface area contributed by atoms with E-state index in [1.807, 2.05) is 0 Å². The molecule has 0 aliphatic heterocycles. The minimum Gasteiger partial charge on any atom is -0.465 e. The van der Waals surface area contributed by atoms with E-state index >= 15 is 0 Å². The lowest BCUT2D eigenvalue weighted by molar-refractivity contribution is -0.137. The Morgan fingerprint density at radius 2 is 1.88 bits per heavy atom. The summed E-state index contributed by atoms with van der Waals surface area (Å²) in [7, 11) is 1.27.